The molecular formula is C12H16F3NO. The molecule has 0 spiro atoms. The highest BCUT2D eigenvalue weighted by atomic mass is 19.4. The first kappa shape index (κ1) is 14.0. The van der Waals surface area contributed by atoms with Crippen molar-refractivity contribution in [2.24, 2.45) is 5.73 Å². The fourth-order valence-electron chi connectivity index (χ4n) is 1.44. The molecule has 2 nitrogen and oxygen atoms in total. The Morgan fingerprint density at radius 3 is 2.41 bits per heavy atom. The predicted molar refractivity (Wildman–Crippen MR) is 59.6 cm³/mol. The third-order valence-corrected chi connectivity index (χ3v) is 2.57. The number of halogens is 3. The summed E-state index contributed by atoms with van der Waals surface area (Å²) in [4.78, 5) is 0. The zero-order chi connectivity index (χ0) is 13.1. The summed E-state index contributed by atoms with van der Waals surface area (Å²) in [5.74, 6) is 0. The number of ether oxygens (including phenoxy) is 1. The average molecular weight is 247 g/mol. The highest BCUT2D eigenvalue weighted by molar-refractivity contribution is 5.28. The summed E-state index contributed by atoms with van der Waals surface area (Å²) in [5.41, 5.74) is 7.55. The van der Waals surface area contributed by atoms with Gasteiger partial charge in [0, 0.05) is 0 Å². The van der Waals surface area contributed by atoms with Gasteiger partial charge >= 0.3 is 6.18 Å². The maximum absolute atomic E-state index is 12.2. The van der Waals surface area contributed by atoms with Gasteiger partial charge in [-0.1, -0.05) is 24.3 Å². The van der Waals surface area contributed by atoms with Crippen molar-refractivity contribution in [2.45, 2.75) is 32.2 Å². The Labute approximate surface area is 98.6 Å². The van der Waals surface area contributed by atoms with Crippen molar-refractivity contribution in [1.29, 1.82) is 0 Å². The van der Waals surface area contributed by atoms with Crippen LogP contribution in [0.1, 0.15) is 24.1 Å². The lowest BCUT2D eigenvalue weighted by molar-refractivity contribution is -0.215. The average Bonchev–Trinajstić information content (AvgIpc) is 2.24. The van der Waals surface area contributed by atoms with Crippen molar-refractivity contribution in [3.8, 4) is 0 Å². The summed E-state index contributed by atoms with van der Waals surface area (Å²) in [6, 6.07) is 6.77. The van der Waals surface area contributed by atoms with Crippen molar-refractivity contribution in [3.05, 3.63) is 35.4 Å². The summed E-state index contributed by atoms with van der Waals surface area (Å²) < 4.78 is 41.4. The molecule has 0 heterocycles. The smallest absolute Gasteiger partial charge is 0.367 e. The Bertz CT molecular complexity index is 365. The zero-order valence-corrected chi connectivity index (χ0v) is 9.79. The Balaban J connectivity index is 2.57. The number of rotatable bonds is 4. The molecule has 0 bridgehead atoms. The van der Waals surface area contributed by atoms with Crippen LogP contribution in [0.4, 0.5) is 13.2 Å². The van der Waals surface area contributed by atoms with Gasteiger partial charge < -0.3 is 10.5 Å². The van der Waals surface area contributed by atoms with Crippen molar-refractivity contribution < 1.29 is 17.9 Å². The van der Waals surface area contributed by atoms with Crippen molar-refractivity contribution in [3.63, 3.8) is 0 Å². The van der Waals surface area contributed by atoms with Crippen LogP contribution < -0.4 is 5.73 Å². The number of benzene rings is 1. The van der Waals surface area contributed by atoms with Crippen LogP contribution in [0.5, 0.6) is 0 Å². The van der Waals surface area contributed by atoms with Gasteiger partial charge in [-0.05, 0) is 25.0 Å². The van der Waals surface area contributed by atoms with Crippen LogP contribution in [-0.4, -0.2) is 18.9 Å². The number of hydrogen-bond donors (Lipinski definition) is 1. The van der Waals surface area contributed by atoms with E-state index < -0.39 is 18.3 Å². The summed E-state index contributed by atoms with van der Waals surface area (Å²) >= 11 is 0. The molecule has 1 rings (SSSR count). The first-order valence-electron chi connectivity index (χ1n) is 5.31. The third kappa shape index (κ3) is 4.02. The van der Waals surface area contributed by atoms with Gasteiger partial charge in [-0.15, -0.1) is 0 Å². The molecule has 1 aromatic carbocycles. The fourth-order valence-corrected chi connectivity index (χ4v) is 1.44. The quantitative estimate of drug-likeness (QED) is 0.887. The summed E-state index contributed by atoms with van der Waals surface area (Å²) in [6.45, 7) is 2.69. The molecule has 2 atom stereocenters. The van der Waals surface area contributed by atoms with Crippen molar-refractivity contribution in [1.82, 2.24) is 0 Å². The molecule has 2 N–H and O–H groups in total. The number of aryl methyl sites for hydroxylation is 1. The van der Waals surface area contributed by atoms with Crippen LogP contribution in [0.2, 0.25) is 0 Å². The van der Waals surface area contributed by atoms with E-state index in [1.165, 1.54) is 0 Å². The molecular weight excluding hydrogens is 231 g/mol. The molecule has 0 aliphatic carbocycles. The molecule has 0 amide bonds. The first-order valence-corrected chi connectivity index (χ1v) is 5.31. The van der Waals surface area contributed by atoms with E-state index in [-0.39, 0.29) is 6.61 Å². The lowest BCUT2D eigenvalue weighted by atomic mass is 10.0. The van der Waals surface area contributed by atoms with Crippen LogP contribution in [0, 0.1) is 6.92 Å². The highest BCUT2D eigenvalue weighted by Gasteiger charge is 2.37. The molecule has 17 heavy (non-hydrogen) atoms. The second-order valence-corrected chi connectivity index (χ2v) is 3.98. The Morgan fingerprint density at radius 2 is 1.88 bits per heavy atom. The normalized spacial score (nSPS) is 15.6. The van der Waals surface area contributed by atoms with Crippen LogP contribution in [0.15, 0.2) is 24.3 Å². The van der Waals surface area contributed by atoms with E-state index in [9.17, 15) is 13.2 Å². The second-order valence-electron chi connectivity index (χ2n) is 3.98. The molecule has 0 saturated heterocycles. The minimum absolute atomic E-state index is 0.147. The van der Waals surface area contributed by atoms with Crippen LogP contribution in [0.25, 0.3) is 0 Å². The topological polar surface area (TPSA) is 35.2 Å². The molecule has 1 aromatic rings. The third-order valence-electron chi connectivity index (χ3n) is 2.57. The summed E-state index contributed by atoms with van der Waals surface area (Å²) in [6.07, 6.45) is -6.14. The molecule has 0 aromatic heterocycles. The lowest BCUT2D eigenvalue weighted by Crippen LogP contribution is -2.31. The number of hydrogen-bond acceptors (Lipinski definition) is 2. The van der Waals surface area contributed by atoms with Crippen LogP contribution >= 0.6 is 0 Å². The van der Waals surface area contributed by atoms with Gasteiger partial charge in [0.05, 0.1) is 12.6 Å². The lowest BCUT2D eigenvalue weighted by Gasteiger charge is -2.20. The minimum Gasteiger partial charge on any atom is -0.367 e. The van der Waals surface area contributed by atoms with Gasteiger partial charge in [0.2, 0.25) is 0 Å². The van der Waals surface area contributed by atoms with Crippen molar-refractivity contribution >= 4 is 0 Å². The summed E-state index contributed by atoms with van der Waals surface area (Å²) in [7, 11) is 0. The van der Waals surface area contributed by atoms with E-state index >= 15 is 0 Å². The predicted octanol–water partition coefficient (Wildman–Crippen LogP) is 2.96. The molecule has 2 unspecified atom stereocenters. The zero-order valence-electron chi connectivity index (χ0n) is 9.79. The maximum Gasteiger partial charge on any atom is 0.414 e. The molecule has 0 fully saturated rings. The van der Waals surface area contributed by atoms with E-state index in [0.717, 1.165) is 18.1 Å². The van der Waals surface area contributed by atoms with E-state index in [0.29, 0.717) is 0 Å². The van der Waals surface area contributed by atoms with E-state index in [2.05, 4.69) is 0 Å². The molecule has 0 aliphatic heterocycles. The van der Waals surface area contributed by atoms with Gasteiger partial charge in [0.25, 0.3) is 0 Å². The fraction of sp³-hybridized carbons (Fsp3) is 0.500. The number of alkyl halides is 3. The molecule has 5 heteroatoms. The Morgan fingerprint density at radius 1 is 1.29 bits per heavy atom. The van der Waals surface area contributed by atoms with Crippen LogP contribution in [-0.2, 0) is 4.74 Å². The van der Waals surface area contributed by atoms with E-state index in [1.807, 2.05) is 19.1 Å². The first-order chi connectivity index (χ1) is 7.82. The molecule has 96 valence electrons. The largest absolute Gasteiger partial charge is 0.414 e. The standard InChI is InChI=1S/C12H16F3NO/c1-8-5-3-4-6-10(8)11(16)7-17-9(2)12(13,14)15/h3-6,9,11H,7,16H2,1-2H3. The van der Waals surface area contributed by atoms with Gasteiger partial charge in [0.1, 0.15) is 0 Å². The minimum atomic E-state index is -4.34. The number of nitrogens with two attached hydrogens (primary N) is 1. The monoisotopic (exact) mass is 247 g/mol. The SMILES string of the molecule is Cc1ccccc1C(N)COC(C)C(F)(F)F. The van der Waals surface area contributed by atoms with Gasteiger partial charge in [0.15, 0.2) is 6.10 Å². The van der Waals surface area contributed by atoms with E-state index in [1.54, 1.807) is 12.1 Å². The van der Waals surface area contributed by atoms with E-state index in [4.69, 9.17) is 10.5 Å². The van der Waals surface area contributed by atoms with Crippen molar-refractivity contribution in [2.75, 3.05) is 6.61 Å². The molecule has 0 aliphatic rings. The highest BCUT2D eigenvalue weighted by Crippen LogP contribution is 2.24. The summed E-state index contributed by atoms with van der Waals surface area (Å²) in [5, 5.41) is 0. The van der Waals surface area contributed by atoms with Gasteiger partial charge in [-0.3, -0.25) is 0 Å². The van der Waals surface area contributed by atoms with Gasteiger partial charge in [-0.25, -0.2) is 0 Å². The Hall–Kier alpha value is -1.07. The maximum atomic E-state index is 12.2. The Kier molecular flexibility index (Phi) is 4.54. The van der Waals surface area contributed by atoms with Gasteiger partial charge in [-0.2, -0.15) is 13.2 Å². The molecule has 0 saturated carbocycles. The van der Waals surface area contributed by atoms with Crippen LogP contribution in [0.3, 0.4) is 0 Å². The second kappa shape index (κ2) is 5.51. The molecule has 0 radical (unpaired) electrons.